The number of nitrogens with two attached hydrogens (primary N) is 1. The quantitative estimate of drug-likeness (QED) is 0.687. The van der Waals surface area contributed by atoms with Gasteiger partial charge in [0.25, 0.3) is 0 Å². The van der Waals surface area contributed by atoms with Crippen molar-refractivity contribution in [2.75, 3.05) is 0 Å². The topological polar surface area (TPSA) is 69.2 Å². The van der Waals surface area contributed by atoms with Gasteiger partial charge in [0, 0.05) is 26.1 Å². The molecule has 1 unspecified atom stereocenters. The predicted octanol–water partition coefficient (Wildman–Crippen LogP) is 3.01. The minimum Gasteiger partial charge on any atom is -0.565 e. The molecule has 1 atom stereocenters. The van der Waals surface area contributed by atoms with Crippen LogP contribution in [0, 0.1) is 0 Å². The number of nitrogens with zero attached hydrogens (tertiary/aromatic N) is 1. The van der Waals surface area contributed by atoms with E-state index in [1.807, 2.05) is 12.1 Å². The molecule has 1 amide bonds. The molecular formula is C13H21ClN3OW-. The molecular weight excluding hydrogens is 433 g/mol. The average molecular weight is 455 g/mol. The fraction of sp³-hybridized carbons (Fsp3) is 0.462. The van der Waals surface area contributed by atoms with Crippen LogP contribution in [-0.4, -0.2) is 11.9 Å². The number of hydrogen-bond acceptors (Lipinski definition) is 2. The summed E-state index contributed by atoms with van der Waals surface area (Å²) in [4.78, 5) is 11.0. The number of hydrogen-bond donors (Lipinski definition) is 2. The zero-order valence-electron chi connectivity index (χ0n) is 11.5. The van der Waals surface area contributed by atoms with Crippen LogP contribution in [0.5, 0.6) is 0 Å². The Hall–Kier alpha value is -0.412. The standard InChI is InChI=1S/C10H13ClN3O.C3H8.W/c1-7(12)10(15)14-13-6-8-2-4-9(11)5-3-8;1-3-2;/h2-5,7H,6,12H2,1H3,(H,14,15);3H2,1-2H3;/q-1;;. The molecule has 0 saturated heterocycles. The molecule has 3 N–H and O–H groups in total. The fourth-order valence-corrected chi connectivity index (χ4v) is 1.03. The molecule has 0 radical (unpaired) electrons. The molecule has 1 rings (SSSR count). The van der Waals surface area contributed by atoms with Gasteiger partial charge in [0.2, 0.25) is 5.91 Å². The van der Waals surface area contributed by atoms with E-state index < -0.39 is 6.04 Å². The van der Waals surface area contributed by atoms with Gasteiger partial charge in [-0.2, -0.15) is 0 Å². The molecule has 0 heterocycles. The number of halogens is 1. The van der Waals surface area contributed by atoms with Crippen molar-refractivity contribution in [1.29, 1.82) is 0 Å². The van der Waals surface area contributed by atoms with Crippen LogP contribution in [0.2, 0.25) is 5.02 Å². The summed E-state index contributed by atoms with van der Waals surface area (Å²) in [6.07, 6.45) is 1.25. The Morgan fingerprint density at radius 3 is 2.26 bits per heavy atom. The second kappa shape index (κ2) is 12.6. The van der Waals surface area contributed by atoms with Crippen LogP contribution in [-0.2, 0) is 32.4 Å². The summed E-state index contributed by atoms with van der Waals surface area (Å²) >= 11 is 5.72. The Labute approximate surface area is 134 Å². The molecule has 6 heteroatoms. The van der Waals surface area contributed by atoms with Crippen molar-refractivity contribution in [3.63, 3.8) is 0 Å². The second-order valence-electron chi connectivity index (χ2n) is 3.91. The molecule has 0 fully saturated rings. The van der Waals surface area contributed by atoms with Crippen molar-refractivity contribution in [3.05, 3.63) is 40.3 Å². The van der Waals surface area contributed by atoms with Crippen molar-refractivity contribution in [1.82, 2.24) is 5.43 Å². The van der Waals surface area contributed by atoms with E-state index >= 15 is 0 Å². The number of benzene rings is 1. The molecule has 19 heavy (non-hydrogen) atoms. The zero-order chi connectivity index (χ0) is 14.0. The molecule has 0 aliphatic carbocycles. The van der Waals surface area contributed by atoms with E-state index in [0.29, 0.717) is 11.6 Å². The average Bonchev–Trinajstić information content (AvgIpc) is 2.32. The third-order valence-corrected chi connectivity index (χ3v) is 2.03. The van der Waals surface area contributed by atoms with E-state index in [-0.39, 0.29) is 27.0 Å². The largest absolute Gasteiger partial charge is 0.565 e. The van der Waals surface area contributed by atoms with Crippen molar-refractivity contribution < 1.29 is 25.9 Å². The Morgan fingerprint density at radius 2 is 1.84 bits per heavy atom. The Kier molecular flexibility index (Phi) is 13.9. The normalized spacial score (nSPS) is 10.6. The van der Waals surface area contributed by atoms with Gasteiger partial charge >= 0.3 is 0 Å². The van der Waals surface area contributed by atoms with Crippen LogP contribution >= 0.6 is 11.6 Å². The maximum Gasteiger partial charge on any atom is 0.219 e. The Balaban J connectivity index is 0. The van der Waals surface area contributed by atoms with E-state index in [2.05, 4.69) is 24.7 Å². The van der Waals surface area contributed by atoms with Crippen LogP contribution in [0.15, 0.2) is 24.3 Å². The third-order valence-electron chi connectivity index (χ3n) is 1.78. The van der Waals surface area contributed by atoms with Crippen molar-refractivity contribution in [2.24, 2.45) is 5.73 Å². The minimum absolute atomic E-state index is 0. The summed E-state index contributed by atoms with van der Waals surface area (Å²) in [5.74, 6) is -0.288. The first-order valence-electron chi connectivity index (χ1n) is 5.97. The van der Waals surface area contributed by atoms with Gasteiger partial charge in [-0.15, -0.1) is 6.54 Å². The number of nitrogens with one attached hydrogen (secondary N) is 1. The number of amides is 1. The van der Waals surface area contributed by atoms with Gasteiger partial charge in [0.1, 0.15) is 0 Å². The van der Waals surface area contributed by atoms with E-state index in [9.17, 15) is 4.79 Å². The van der Waals surface area contributed by atoms with Gasteiger partial charge in [-0.05, 0) is 19.1 Å². The van der Waals surface area contributed by atoms with Gasteiger partial charge in [-0.25, -0.2) is 0 Å². The van der Waals surface area contributed by atoms with E-state index in [4.69, 9.17) is 17.3 Å². The molecule has 0 aromatic heterocycles. The van der Waals surface area contributed by atoms with Gasteiger partial charge in [0.05, 0.1) is 6.04 Å². The first-order chi connectivity index (χ1) is 8.51. The fourth-order valence-electron chi connectivity index (χ4n) is 0.900. The summed E-state index contributed by atoms with van der Waals surface area (Å²) in [6.45, 7) is 6.27. The van der Waals surface area contributed by atoms with Crippen molar-refractivity contribution in [3.8, 4) is 0 Å². The van der Waals surface area contributed by atoms with E-state index in [0.717, 1.165) is 5.56 Å². The second-order valence-corrected chi connectivity index (χ2v) is 4.35. The SMILES string of the molecule is CC(N)C(=O)N[N-]Cc1ccc(Cl)cc1.CCC.[W]. The Bertz CT molecular complexity index is 344. The molecule has 0 spiro atoms. The monoisotopic (exact) mass is 454 g/mol. The molecule has 1 aromatic rings. The molecule has 0 bridgehead atoms. The molecule has 1 aromatic carbocycles. The predicted molar refractivity (Wildman–Crippen MR) is 76.3 cm³/mol. The molecule has 4 nitrogen and oxygen atoms in total. The van der Waals surface area contributed by atoms with Crippen LogP contribution in [0.1, 0.15) is 32.8 Å². The molecule has 0 aliphatic heterocycles. The number of carbonyl (C=O) groups excluding carboxylic acids is 1. The molecule has 0 aliphatic rings. The maximum atomic E-state index is 11.0. The van der Waals surface area contributed by atoms with Gasteiger partial charge in [0.15, 0.2) is 0 Å². The van der Waals surface area contributed by atoms with Crippen LogP contribution < -0.4 is 11.2 Å². The van der Waals surface area contributed by atoms with Gasteiger partial charge < -0.3 is 16.6 Å². The zero-order valence-corrected chi connectivity index (χ0v) is 15.2. The molecule has 0 saturated carbocycles. The van der Waals surface area contributed by atoms with Crippen LogP contribution in [0.25, 0.3) is 5.43 Å². The minimum atomic E-state index is -0.543. The third kappa shape index (κ3) is 11.1. The Morgan fingerprint density at radius 1 is 1.37 bits per heavy atom. The smallest absolute Gasteiger partial charge is 0.219 e. The summed E-state index contributed by atoms with van der Waals surface area (Å²) in [5.41, 5.74) is 12.6. The maximum absolute atomic E-state index is 11.0. The van der Waals surface area contributed by atoms with Crippen molar-refractivity contribution >= 4 is 17.5 Å². The number of rotatable bonds is 4. The van der Waals surface area contributed by atoms with E-state index in [1.54, 1.807) is 19.1 Å². The first-order valence-corrected chi connectivity index (χ1v) is 6.35. The van der Waals surface area contributed by atoms with Gasteiger partial charge in [-0.1, -0.05) is 49.6 Å². The molecule has 108 valence electrons. The summed E-state index contributed by atoms with van der Waals surface area (Å²) < 4.78 is 0. The van der Waals surface area contributed by atoms with Gasteiger partial charge in [-0.3, -0.25) is 4.79 Å². The van der Waals surface area contributed by atoms with E-state index in [1.165, 1.54) is 6.42 Å². The summed E-state index contributed by atoms with van der Waals surface area (Å²) in [7, 11) is 0. The number of carbonyl (C=O) groups is 1. The first kappa shape index (κ1) is 20.9. The summed E-state index contributed by atoms with van der Waals surface area (Å²) in [5, 5.41) is 0.679. The van der Waals surface area contributed by atoms with Crippen molar-refractivity contribution in [2.45, 2.75) is 39.8 Å². The van der Waals surface area contributed by atoms with Crippen LogP contribution in [0.4, 0.5) is 0 Å². The summed E-state index contributed by atoms with van der Waals surface area (Å²) in [6, 6.07) is 6.71. The van der Waals surface area contributed by atoms with Crippen LogP contribution in [0.3, 0.4) is 0 Å².